The minimum Gasteiger partial charge on any atom is -0.367 e. The van der Waals surface area contributed by atoms with Gasteiger partial charge in [-0.3, -0.25) is 0 Å². The SMILES string of the molecule is Cc1cc(NC(C)Cc2cccc(F)c2)ncn1. The van der Waals surface area contributed by atoms with Crippen LogP contribution in [-0.2, 0) is 6.42 Å². The van der Waals surface area contributed by atoms with Crippen LogP contribution in [-0.4, -0.2) is 16.0 Å². The maximum Gasteiger partial charge on any atom is 0.129 e. The minimum atomic E-state index is -0.197. The van der Waals surface area contributed by atoms with E-state index in [9.17, 15) is 4.39 Å². The zero-order chi connectivity index (χ0) is 13.0. The Hall–Kier alpha value is -1.97. The first-order chi connectivity index (χ1) is 8.63. The van der Waals surface area contributed by atoms with E-state index >= 15 is 0 Å². The van der Waals surface area contributed by atoms with Gasteiger partial charge in [-0.2, -0.15) is 0 Å². The van der Waals surface area contributed by atoms with Crippen molar-refractivity contribution in [3.63, 3.8) is 0 Å². The number of halogens is 1. The van der Waals surface area contributed by atoms with Crippen molar-refractivity contribution in [2.75, 3.05) is 5.32 Å². The fraction of sp³-hybridized carbons (Fsp3) is 0.286. The van der Waals surface area contributed by atoms with Crippen molar-refractivity contribution >= 4 is 5.82 Å². The first-order valence-electron chi connectivity index (χ1n) is 5.93. The molecule has 0 spiro atoms. The van der Waals surface area contributed by atoms with Gasteiger partial charge < -0.3 is 5.32 Å². The topological polar surface area (TPSA) is 37.8 Å². The Morgan fingerprint density at radius 1 is 1.28 bits per heavy atom. The molecule has 1 N–H and O–H groups in total. The van der Waals surface area contributed by atoms with E-state index in [0.29, 0.717) is 0 Å². The van der Waals surface area contributed by atoms with Gasteiger partial charge in [0.05, 0.1) is 0 Å². The van der Waals surface area contributed by atoms with Crippen molar-refractivity contribution in [3.8, 4) is 0 Å². The Kier molecular flexibility index (Phi) is 3.87. The lowest BCUT2D eigenvalue weighted by Gasteiger charge is -2.14. The lowest BCUT2D eigenvalue weighted by molar-refractivity contribution is 0.624. The van der Waals surface area contributed by atoms with Crippen LogP contribution in [0.5, 0.6) is 0 Å². The highest BCUT2D eigenvalue weighted by Gasteiger charge is 2.05. The second-order valence-corrected chi connectivity index (χ2v) is 4.42. The molecule has 1 atom stereocenters. The predicted octanol–water partition coefficient (Wildman–Crippen LogP) is 2.97. The van der Waals surface area contributed by atoms with Crippen molar-refractivity contribution in [3.05, 3.63) is 53.7 Å². The largest absolute Gasteiger partial charge is 0.367 e. The summed E-state index contributed by atoms with van der Waals surface area (Å²) >= 11 is 0. The molecule has 4 heteroatoms. The second-order valence-electron chi connectivity index (χ2n) is 4.42. The van der Waals surface area contributed by atoms with Crippen molar-refractivity contribution in [1.82, 2.24) is 9.97 Å². The van der Waals surface area contributed by atoms with E-state index in [1.165, 1.54) is 12.4 Å². The molecule has 1 aromatic carbocycles. The molecule has 0 radical (unpaired) electrons. The third kappa shape index (κ3) is 3.52. The van der Waals surface area contributed by atoms with Crippen LogP contribution < -0.4 is 5.32 Å². The van der Waals surface area contributed by atoms with Crippen molar-refractivity contribution < 1.29 is 4.39 Å². The highest BCUT2D eigenvalue weighted by molar-refractivity contribution is 5.36. The number of aromatic nitrogens is 2. The molecule has 0 aliphatic heterocycles. The fourth-order valence-corrected chi connectivity index (χ4v) is 1.85. The first kappa shape index (κ1) is 12.5. The summed E-state index contributed by atoms with van der Waals surface area (Å²) in [4.78, 5) is 8.18. The third-order valence-corrected chi connectivity index (χ3v) is 2.63. The molecule has 0 saturated carbocycles. The van der Waals surface area contributed by atoms with E-state index in [1.807, 2.05) is 26.0 Å². The molecule has 0 amide bonds. The van der Waals surface area contributed by atoms with Gasteiger partial charge in [0.25, 0.3) is 0 Å². The first-order valence-corrected chi connectivity index (χ1v) is 5.93. The third-order valence-electron chi connectivity index (χ3n) is 2.63. The minimum absolute atomic E-state index is 0.182. The number of hydrogen-bond acceptors (Lipinski definition) is 3. The summed E-state index contributed by atoms with van der Waals surface area (Å²) in [7, 11) is 0. The molecule has 1 heterocycles. The average molecular weight is 245 g/mol. The maximum absolute atomic E-state index is 13.1. The van der Waals surface area contributed by atoms with Crippen LogP contribution in [0, 0.1) is 12.7 Å². The van der Waals surface area contributed by atoms with E-state index in [0.717, 1.165) is 23.5 Å². The molecular weight excluding hydrogens is 229 g/mol. The van der Waals surface area contributed by atoms with Crippen LogP contribution in [0.15, 0.2) is 36.7 Å². The van der Waals surface area contributed by atoms with Crippen molar-refractivity contribution in [1.29, 1.82) is 0 Å². The summed E-state index contributed by atoms with van der Waals surface area (Å²) in [5, 5.41) is 3.28. The predicted molar refractivity (Wildman–Crippen MR) is 70.0 cm³/mol. The quantitative estimate of drug-likeness (QED) is 0.899. The van der Waals surface area contributed by atoms with Gasteiger partial charge >= 0.3 is 0 Å². The van der Waals surface area contributed by atoms with Crippen molar-refractivity contribution in [2.24, 2.45) is 0 Å². The molecule has 0 fully saturated rings. The Bertz CT molecular complexity index is 480. The summed E-state index contributed by atoms with van der Waals surface area (Å²) in [6.07, 6.45) is 2.29. The fourth-order valence-electron chi connectivity index (χ4n) is 1.85. The van der Waals surface area contributed by atoms with Crippen LogP contribution in [0.2, 0.25) is 0 Å². The number of nitrogens with one attached hydrogen (secondary N) is 1. The molecule has 0 aliphatic carbocycles. The lowest BCUT2D eigenvalue weighted by Crippen LogP contribution is -2.19. The van der Waals surface area contributed by atoms with E-state index in [-0.39, 0.29) is 11.9 Å². The summed E-state index contributed by atoms with van der Waals surface area (Å²) in [6, 6.07) is 8.74. The lowest BCUT2D eigenvalue weighted by atomic mass is 10.1. The normalized spacial score (nSPS) is 12.2. The van der Waals surface area contributed by atoms with Crippen LogP contribution in [0.3, 0.4) is 0 Å². The van der Waals surface area contributed by atoms with Gasteiger partial charge in [0.1, 0.15) is 18.0 Å². The Balaban J connectivity index is 1.98. The molecule has 2 rings (SSSR count). The van der Waals surface area contributed by atoms with E-state index < -0.39 is 0 Å². The van der Waals surface area contributed by atoms with Gasteiger partial charge in [0, 0.05) is 17.8 Å². The van der Waals surface area contributed by atoms with E-state index in [1.54, 1.807) is 12.1 Å². The summed E-state index contributed by atoms with van der Waals surface area (Å²) in [6.45, 7) is 3.96. The number of rotatable bonds is 4. The molecule has 18 heavy (non-hydrogen) atoms. The van der Waals surface area contributed by atoms with Gasteiger partial charge in [0.15, 0.2) is 0 Å². The van der Waals surface area contributed by atoms with Crippen LogP contribution in [0.25, 0.3) is 0 Å². The molecule has 0 saturated heterocycles. The molecule has 2 aromatic rings. The Morgan fingerprint density at radius 3 is 2.83 bits per heavy atom. The van der Waals surface area contributed by atoms with E-state index in [2.05, 4.69) is 15.3 Å². The van der Waals surface area contributed by atoms with Gasteiger partial charge in [0.2, 0.25) is 0 Å². The number of aryl methyl sites for hydroxylation is 1. The molecule has 1 unspecified atom stereocenters. The zero-order valence-electron chi connectivity index (χ0n) is 10.5. The van der Waals surface area contributed by atoms with Gasteiger partial charge in [-0.25, -0.2) is 14.4 Å². The highest BCUT2D eigenvalue weighted by atomic mass is 19.1. The second kappa shape index (κ2) is 5.58. The molecular formula is C14H16FN3. The summed E-state index contributed by atoms with van der Waals surface area (Å²) in [5.74, 6) is 0.601. The number of benzene rings is 1. The Labute approximate surface area is 106 Å². The summed E-state index contributed by atoms with van der Waals surface area (Å²) < 4.78 is 13.1. The number of nitrogens with zero attached hydrogens (tertiary/aromatic N) is 2. The molecule has 3 nitrogen and oxygen atoms in total. The standard InChI is InChI=1S/C14H16FN3/c1-10-7-14(17-9-16-10)18-11(2)6-12-4-3-5-13(15)8-12/h3-5,7-9,11H,6H2,1-2H3,(H,16,17,18). The van der Waals surface area contributed by atoms with Crippen molar-refractivity contribution in [2.45, 2.75) is 26.3 Å². The zero-order valence-corrected chi connectivity index (χ0v) is 10.5. The number of anilines is 1. The smallest absolute Gasteiger partial charge is 0.129 e. The van der Waals surface area contributed by atoms with Gasteiger partial charge in [-0.15, -0.1) is 0 Å². The van der Waals surface area contributed by atoms with Crippen LogP contribution in [0.1, 0.15) is 18.2 Å². The average Bonchev–Trinajstić information content (AvgIpc) is 2.28. The highest BCUT2D eigenvalue weighted by Crippen LogP contribution is 2.10. The maximum atomic E-state index is 13.1. The van der Waals surface area contributed by atoms with Crippen LogP contribution >= 0.6 is 0 Å². The molecule has 94 valence electrons. The number of hydrogen-bond donors (Lipinski definition) is 1. The Morgan fingerprint density at radius 2 is 2.11 bits per heavy atom. The van der Waals surface area contributed by atoms with E-state index in [4.69, 9.17) is 0 Å². The van der Waals surface area contributed by atoms with Gasteiger partial charge in [-0.1, -0.05) is 12.1 Å². The molecule has 0 aliphatic rings. The van der Waals surface area contributed by atoms with Gasteiger partial charge in [-0.05, 0) is 38.0 Å². The monoisotopic (exact) mass is 245 g/mol. The molecule has 1 aromatic heterocycles. The van der Waals surface area contributed by atoms with Crippen LogP contribution in [0.4, 0.5) is 10.2 Å². The summed E-state index contributed by atoms with van der Waals surface area (Å²) in [5.41, 5.74) is 1.89. The molecule has 0 bridgehead atoms.